The fraction of sp³-hybridized carbons (Fsp3) is 0.455. The summed E-state index contributed by atoms with van der Waals surface area (Å²) >= 11 is 0. The number of aromatic nitrogens is 4. The van der Waals surface area contributed by atoms with Crippen molar-refractivity contribution in [3.05, 3.63) is 53.9 Å². The highest BCUT2D eigenvalue weighted by Crippen LogP contribution is 2.38. The van der Waals surface area contributed by atoms with Gasteiger partial charge >= 0.3 is 0 Å². The van der Waals surface area contributed by atoms with Crippen molar-refractivity contribution in [1.29, 1.82) is 0 Å². The lowest BCUT2D eigenvalue weighted by Gasteiger charge is -2.28. The van der Waals surface area contributed by atoms with Crippen LogP contribution >= 0.6 is 0 Å². The Labute approximate surface area is 170 Å². The summed E-state index contributed by atoms with van der Waals surface area (Å²) in [6.07, 6.45) is 11.6. The standard InChI is InChI=1S/C22H27N5O2/c1-2-3-18-12-20(27-29-18)22(28)24-13-15-4-6-17(7-5-15)21-19(14-25-26-21)16-8-10-23-11-9-16/h8-12,14-15,17H,2-7,13H2,1H3,(H,24,28)(H,25,26). The third-order valence-corrected chi connectivity index (χ3v) is 5.75. The molecule has 0 spiro atoms. The van der Waals surface area contributed by atoms with Gasteiger partial charge < -0.3 is 9.84 Å². The number of rotatable bonds is 7. The molecule has 0 atom stereocenters. The van der Waals surface area contributed by atoms with Gasteiger partial charge in [0.05, 0.1) is 6.20 Å². The van der Waals surface area contributed by atoms with Gasteiger partial charge in [0.25, 0.3) is 5.91 Å². The van der Waals surface area contributed by atoms with Gasteiger partial charge in [-0.1, -0.05) is 12.1 Å². The predicted octanol–water partition coefficient (Wildman–Crippen LogP) is 4.12. The van der Waals surface area contributed by atoms with Crippen molar-refractivity contribution in [2.24, 2.45) is 5.92 Å². The Bertz CT molecular complexity index is 926. The van der Waals surface area contributed by atoms with Crippen LogP contribution in [-0.2, 0) is 6.42 Å². The Balaban J connectivity index is 1.29. The van der Waals surface area contributed by atoms with Crippen LogP contribution in [0.25, 0.3) is 11.1 Å². The van der Waals surface area contributed by atoms with Crippen molar-refractivity contribution in [3.63, 3.8) is 0 Å². The lowest BCUT2D eigenvalue weighted by molar-refractivity contribution is 0.0933. The summed E-state index contributed by atoms with van der Waals surface area (Å²) in [7, 11) is 0. The monoisotopic (exact) mass is 393 g/mol. The van der Waals surface area contributed by atoms with Gasteiger partial charge in [0.15, 0.2) is 5.69 Å². The molecule has 2 N–H and O–H groups in total. The van der Waals surface area contributed by atoms with Crippen LogP contribution < -0.4 is 5.32 Å². The van der Waals surface area contributed by atoms with Gasteiger partial charge in [-0.15, -0.1) is 0 Å². The van der Waals surface area contributed by atoms with Crippen LogP contribution in [0.2, 0.25) is 0 Å². The number of hydrogen-bond acceptors (Lipinski definition) is 5. The van der Waals surface area contributed by atoms with E-state index in [4.69, 9.17) is 4.52 Å². The molecule has 3 aromatic rings. The molecule has 4 rings (SSSR count). The minimum Gasteiger partial charge on any atom is -0.361 e. The number of aromatic amines is 1. The van der Waals surface area contributed by atoms with Crippen LogP contribution in [0, 0.1) is 5.92 Å². The molecule has 3 aromatic heterocycles. The smallest absolute Gasteiger partial charge is 0.273 e. The zero-order valence-electron chi connectivity index (χ0n) is 16.7. The number of H-pyrrole nitrogens is 1. The maximum atomic E-state index is 12.3. The zero-order valence-corrected chi connectivity index (χ0v) is 16.7. The highest BCUT2D eigenvalue weighted by molar-refractivity contribution is 5.92. The highest BCUT2D eigenvalue weighted by atomic mass is 16.5. The molecule has 7 heteroatoms. The Morgan fingerprint density at radius 1 is 1.24 bits per heavy atom. The largest absolute Gasteiger partial charge is 0.361 e. The minimum absolute atomic E-state index is 0.147. The van der Waals surface area contributed by atoms with Gasteiger partial charge in [-0.2, -0.15) is 5.10 Å². The van der Waals surface area contributed by atoms with Crippen LogP contribution in [0.5, 0.6) is 0 Å². The quantitative estimate of drug-likeness (QED) is 0.629. The Kier molecular flexibility index (Phi) is 6.03. The first kappa shape index (κ1) is 19.4. The summed E-state index contributed by atoms with van der Waals surface area (Å²) in [4.78, 5) is 16.4. The van der Waals surface area contributed by atoms with E-state index in [1.807, 2.05) is 30.7 Å². The second-order valence-electron chi connectivity index (χ2n) is 7.79. The number of hydrogen-bond donors (Lipinski definition) is 2. The third kappa shape index (κ3) is 4.55. The molecule has 0 bridgehead atoms. The molecule has 0 aromatic carbocycles. The molecule has 1 fully saturated rings. The van der Waals surface area contributed by atoms with E-state index in [-0.39, 0.29) is 5.91 Å². The van der Waals surface area contributed by atoms with E-state index in [1.165, 1.54) is 5.69 Å². The molecule has 0 aliphatic heterocycles. The first-order valence-corrected chi connectivity index (χ1v) is 10.4. The third-order valence-electron chi connectivity index (χ3n) is 5.75. The summed E-state index contributed by atoms with van der Waals surface area (Å²) < 4.78 is 5.20. The Morgan fingerprint density at radius 2 is 2.03 bits per heavy atom. The van der Waals surface area contributed by atoms with Crippen molar-refractivity contribution in [2.75, 3.05) is 6.54 Å². The lowest BCUT2D eigenvalue weighted by Crippen LogP contribution is -2.31. The average Bonchev–Trinajstić information content (AvgIpc) is 3.43. The number of aryl methyl sites for hydroxylation is 1. The Hall–Kier alpha value is -2.96. The van der Waals surface area contributed by atoms with Gasteiger partial charge in [-0.25, -0.2) is 0 Å². The van der Waals surface area contributed by atoms with Crippen LogP contribution in [0.15, 0.2) is 41.3 Å². The van der Waals surface area contributed by atoms with Crippen molar-refractivity contribution in [2.45, 2.75) is 51.4 Å². The van der Waals surface area contributed by atoms with Crippen LogP contribution in [0.1, 0.15) is 66.9 Å². The second-order valence-corrected chi connectivity index (χ2v) is 7.79. The van der Waals surface area contributed by atoms with E-state index < -0.39 is 0 Å². The van der Waals surface area contributed by atoms with Crippen molar-refractivity contribution >= 4 is 5.91 Å². The minimum atomic E-state index is -0.147. The van der Waals surface area contributed by atoms with Gasteiger partial charge in [0, 0.05) is 48.6 Å². The molecule has 1 amide bonds. The van der Waals surface area contributed by atoms with E-state index in [0.717, 1.165) is 55.4 Å². The molecule has 0 radical (unpaired) electrons. The number of nitrogens with zero attached hydrogens (tertiary/aromatic N) is 3. The van der Waals surface area contributed by atoms with E-state index in [2.05, 4.69) is 32.6 Å². The molecule has 1 aliphatic carbocycles. The van der Waals surface area contributed by atoms with Crippen molar-refractivity contribution < 1.29 is 9.32 Å². The predicted molar refractivity (Wildman–Crippen MR) is 109 cm³/mol. The van der Waals surface area contributed by atoms with Crippen LogP contribution in [0.3, 0.4) is 0 Å². The number of carbonyl (C=O) groups excluding carboxylic acids is 1. The SMILES string of the molecule is CCCc1cc(C(=O)NCC2CCC(c3[nH]ncc3-c3ccncc3)CC2)no1. The van der Waals surface area contributed by atoms with E-state index >= 15 is 0 Å². The number of pyridine rings is 1. The maximum absolute atomic E-state index is 12.3. The summed E-state index contributed by atoms with van der Waals surface area (Å²) in [5.74, 6) is 1.58. The van der Waals surface area contributed by atoms with Crippen molar-refractivity contribution in [3.8, 4) is 11.1 Å². The van der Waals surface area contributed by atoms with Crippen LogP contribution in [-0.4, -0.2) is 32.8 Å². The van der Waals surface area contributed by atoms with Gasteiger partial charge in [-0.3, -0.25) is 14.9 Å². The molecule has 0 saturated heterocycles. The fourth-order valence-electron chi connectivity index (χ4n) is 4.14. The first-order valence-electron chi connectivity index (χ1n) is 10.4. The summed E-state index contributed by atoms with van der Waals surface area (Å²) in [6.45, 7) is 2.75. The maximum Gasteiger partial charge on any atom is 0.273 e. The van der Waals surface area contributed by atoms with Gasteiger partial charge in [-0.05, 0) is 55.7 Å². The van der Waals surface area contributed by atoms with Gasteiger partial charge in [0.2, 0.25) is 0 Å². The molecule has 3 heterocycles. The van der Waals surface area contributed by atoms with Gasteiger partial charge in [0.1, 0.15) is 5.76 Å². The van der Waals surface area contributed by atoms with Crippen molar-refractivity contribution in [1.82, 2.24) is 25.7 Å². The fourth-order valence-corrected chi connectivity index (χ4v) is 4.14. The normalized spacial score (nSPS) is 19.2. The van der Waals surface area contributed by atoms with Crippen LogP contribution in [0.4, 0.5) is 0 Å². The molecule has 0 unspecified atom stereocenters. The number of carbonyl (C=O) groups is 1. The molecule has 152 valence electrons. The molecular formula is C22H27N5O2. The molecule has 29 heavy (non-hydrogen) atoms. The first-order chi connectivity index (χ1) is 14.2. The lowest BCUT2D eigenvalue weighted by atomic mass is 9.79. The molecule has 7 nitrogen and oxygen atoms in total. The van der Waals surface area contributed by atoms with E-state index in [9.17, 15) is 4.79 Å². The highest BCUT2D eigenvalue weighted by Gasteiger charge is 2.26. The molecular weight excluding hydrogens is 366 g/mol. The number of amides is 1. The molecule has 1 aliphatic rings. The summed E-state index contributed by atoms with van der Waals surface area (Å²) in [6, 6.07) is 5.78. The van der Waals surface area contributed by atoms with E-state index in [1.54, 1.807) is 6.07 Å². The Morgan fingerprint density at radius 3 is 2.79 bits per heavy atom. The van der Waals surface area contributed by atoms with E-state index in [0.29, 0.717) is 24.1 Å². The average molecular weight is 393 g/mol. The zero-order chi connectivity index (χ0) is 20.1. The second kappa shape index (κ2) is 9.03. The number of nitrogens with one attached hydrogen (secondary N) is 2. The topological polar surface area (TPSA) is 96.7 Å². The summed E-state index contributed by atoms with van der Waals surface area (Å²) in [5.41, 5.74) is 3.90. The summed E-state index contributed by atoms with van der Waals surface area (Å²) in [5, 5.41) is 14.4. The molecule has 1 saturated carbocycles.